The van der Waals surface area contributed by atoms with Crippen LogP contribution in [0.4, 0.5) is 0 Å². The summed E-state index contributed by atoms with van der Waals surface area (Å²) in [5.41, 5.74) is 0.699. The van der Waals surface area contributed by atoms with Gasteiger partial charge in [0.15, 0.2) is 0 Å². The molecule has 0 N–H and O–H groups in total. The van der Waals surface area contributed by atoms with E-state index in [1.54, 1.807) is 0 Å². The third kappa shape index (κ3) is 3.74. The largest absolute Gasteiger partial charge is 0.460 e. The van der Waals surface area contributed by atoms with E-state index in [4.69, 9.17) is 4.74 Å². The van der Waals surface area contributed by atoms with Crippen LogP contribution >= 0.6 is 0 Å². The quantitative estimate of drug-likeness (QED) is 0.802. The van der Waals surface area contributed by atoms with Gasteiger partial charge in [0, 0.05) is 19.0 Å². The van der Waals surface area contributed by atoms with E-state index in [0.717, 1.165) is 24.9 Å². The number of rotatable bonds is 4. The fourth-order valence-corrected chi connectivity index (χ4v) is 3.43. The number of likely N-dealkylation sites (tertiary alicyclic amines) is 1. The lowest BCUT2D eigenvalue weighted by atomic mass is 10.0. The molecule has 1 amide bonds. The van der Waals surface area contributed by atoms with E-state index < -0.39 is 5.60 Å². The minimum atomic E-state index is -0.455. The molecule has 4 heteroatoms. The first-order valence-corrected chi connectivity index (χ1v) is 8.41. The zero-order valence-corrected chi connectivity index (χ0v) is 14.1. The number of amides is 1. The Morgan fingerprint density at radius 3 is 2.61 bits per heavy atom. The highest BCUT2D eigenvalue weighted by Gasteiger charge is 2.53. The molecule has 0 spiro atoms. The number of ether oxygens (including phenoxy) is 1. The second kappa shape index (κ2) is 5.99. The summed E-state index contributed by atoms with van der Waals surface area (Å²) in [7, 11) is 0. The lowest BCUT2D eigenvalue weighted by Crippen LogP contribution is -2.29. The van der Waals surface area contributed by atoms with Crippen molar-refractivity contribution in [2.45, 2.75) is 45.8 Å². The van der Waals surface area contributed by atoms with Crippen LogP contribution in [0, 0.1) is 17.8 Å². The van der Waals surface area contributed by atoms with Crippen LogP contribution in [-0.4, -0.2) is 28.9 Å². The monoisotopic (exact) mass is 315 g/mol. The lowest BCUT2D eigenvalue weighted by molar-refractivity contribution is -0.157. The molecule has 1 aromatic rings. The summed E-state index contributed by atoms with van der Waals surface area (Å²) < 4.78 is 5.45. The van der Waals surface area contributed by atoms with Gasteiger partial charge in [-0.1, -0.05) is 30.3 Å². The maximum Gasteiger partial charge on any atom is 0.309 e. The molecule has 3 rings (SSSR count). The molecule has 3 atom stereocenters. The summed E-state index contributed by atoms with van der Waals surface area (Å²) in [6.45, 7) is 7.09. The zero-order chi connectivity index (χ0) is 16.6. The zero-order valence-electron chi connectivity index (χ0n) is 14.1. The number of nitrogens with zero attached hydrogens (tertiary/aromatic N) is 1. The van der Waals surface area contributed by atoms with Crippen molar-refractivity contribution in [1.82, 2.24) is 4.90 Å². The molecule has 2 fully saturated rings. The van der Waals surface area contributed by atoms with Crippen LogP contribution in [0.5, 0.6) is 0 Å². The molecule has 1 heterocycles. The normalized spacial score (nSPS) is 27.2. The van der Waals surface area contributed by atoms with E-state index >= 15 is 0 Å². The Balaban J connectivity index is 1.55. The molecule has 124 valence electrons. The maximum atomic E-state index is 12.6. The van der Waals surface area contributed by atoms with Crippen LogP contribution < -0.4 is 0 Å². The average Bonchev–Trinajstić information content (AvgIpc) is 3.19. The van der Waals surface area contributed by atoms with E-state index in [0.29, 0.717) is 6.54 Å². The standard InChI is InChI=1S/C19H25NO3/c1-19(2,3)23-18(22)16-11-15(16)14-9-10-20(17(14)21)12-13-7-5-4-6-8-13/h4-8,14-16H,9-12H2,1-3H3. The van der Waals surface area contributed by atoms with Crippen LogP contribution in [-0.2, 0) is 20.9 Å². The van der Waals surface area contributed by atoms with Crippen molar-refractivity contribution in [2.75, 3.05) is 6.54 Å². The number of carbonyl (C=O) groups excluding carboxylic acids is 2. The predicted molar refractivity (Wildman–Crippen MR) is 87.4 cm³/mol. The Labute approximate surface area is 137 Å². The van der Waals surface area contributed by atoms with E-state index in [2.05, 4.69) is 0 Å². The predicted octanol–water partition coefficient (Wildman–Crippen LogP) is 3.01. The molecule has 23 heavy (non-hydrogen) atoms. The molecule has 1 saturated heterocycles. The van der Waals surface area contributed by atoms with Crippen molar-refractivity contribution in [3.05, 3.63) is 35.9 Å². The second-order valence-electron chi connectivity index (χ2n) is 7.68. The van der Waals surface area contributed by atoms with Gasteiger partial charge in [-0.25, -0.2) is 0 Å². The van der Waals surface area contributed by atoms with Crippen molar-refractivity contribution < 1.29 is 14.3 Å². The minimum Gasteiger partial charge on any atom is -0.460 e. The molecule has 0 bridgehead atoms. The summed E-state index contributed by atoms with van der Waals surface area (Å²) in [6.07, 6.45) is 1.65. The molecule has 1 aromatic carbocycles. The number of hydrogen-bond donors (Lipinski definition) is 0. The Morgan fingerprint density at radius 2 is 1.96 bits per heavy atom. The van der Waals surface area contributed by atoms with Gasteiger partial charge < -0.3 is 9.64 Å². The summed E-state index contributed by atoms with van der Waals surface area (Å²) >= 11 is 0. The van der Waals surface area contributed by atoms with E-state index in [-0.39, 0.29) is 29.6 Å². The van der Waals surface area contributed by atoms with E-state index in [1.165, 1.54) is 0 Å². The second-order valence-corrected chi connectivity index (χ2v) is 7.68. The van der Waals surface area contributed by atoms with Gasteiger partial charge in [0.2, 0.25) is 5.91 Å². The number of benzene rings is 1. The van der Waals surface area contributed by atoms with Crippen LogP contribution in [0.2, 0.25) is 0 Å². The molecule has 1 aliphatic heterocycles. The van der Waals surface area contributed by atoms with Crippen LogP contribution in [0.15, 0.2) is 30.3 Å². The maximum absolute atomic E-state index is 12.6. The first kappa shape index (κ1) is 16.0. The molecule has 3 unspecified atom stereocenters. The lowest BCUT2D eigenvalue weighted by Gasteiger charge is -2.20. The molecule has 0 radical (unpaired) electrons. The number of esters is 1. The Hall–Kier alpha value is -1.84. The van der Waals surface area contributed by atoms with Crippen molar-refractivity contribution in [1.29, 1.82) is 0 Å². The molecular formula is C19H25NO3. The average molecular weight is 315 g/mol. The van der Waals surface area contributed by atoms with Crippen molar-refractivity contribution in [2.24, 2.45) is 17.8 Å². The molecule has 4 nitrogen and oxygen atoms in total. The van der Waals surface area contributed by atoms with Crippen LogP contribution in [0.3, 0.4) is 0 Å². The third-order valence-electron chi connectivity index (χ3n) is 4.62. The van der Waals surface area contributed by atoms with Crippen molar-refractivity contribution >= 4 is 11.9 Å². The van der Waals surface area contributed by atoms with Crippen LogP contribution in [0.25, 0.3) is 0 Å². The van der Waals surface area contributed by atoms with Crippen LogP contribution in [0.1, 0.15) is 39.2 Å². The highest BCUT2D eigenvalue weighted by molar-refractivity contribution is 5.84. The van der Waals surface area contributed by atoms with Gasteiger partial charge in [-0.15, -0.1) is 0 Å². The molecule has 1 saturated carbocycles. The SMILES string of the molecule is CC(C)(C)OC(=O)C1CC1C1CCN(Cc2ccccc2)C1=O. The van der Waals surface area contributed by atoms with E-state index in [9.17, 15) is 9.59 Å². The van der Waals surface area contributed by atoms with Gasteiger partial charge in [-0.05, 0) is 45.1 Å². The molecular weight excluding hydrogens is 290 g/mol. The van der Waals surface area contributed by atoms with Crippen molar-refractivity contribution in [3.63, 3.8) is 0 Å². The summed E-state index contributed by atoms with van der Waals surface area (Å²) in [6, 6.07) is 10.1. The van der Waals surface area contributed by atoms with Gasteiger partial charge in [0.1, 0.15) is 5.60 Å². The Bertz CT molecular complexity index is 590. The minimum absolute atomic E-state index is 0.00349. The fraction of sp³-hybridized carbons (Fsp3) is 0.579. The highest BCUT2D eigenvalue weighted by Crippen LogP contribution is 2.49. The van der Waals surface area contributed by atoms with Gasteiger partial charge >= 0.3 is 5.97 Å². The number of hydrogen-bond acceptors (Lipinski definition) is 3. The molecule has 2 aliphatic rings. The van der Waals surface area contributed by atoms with E-state index in [1.807, 2.05) is 56.0 Å². The highest BCUT2D eigenvalue weighted by atomic mass is 16.6. The summed E-state index contributed by atoms with van der Waals surface area (Å²) in [5, 5.41) is 0. The smallest absolute Gasteiger partial charge is 0.309 e. The Morgan fingerprint density at radius 1 is 1.26 bits per heavy atom. The summed E-state index contributed by atoms with van der Waals surface area (Å²) in [4.78, 5) is 26.7. The van der Waals surface area contributed by atoms with Gasteiger partial charge in [0.05, 0.1) is 5.92 Å². The fourth-order valence-electron chi connectivity index (χ4n) is 3.43. The van der Waals surface area contributed by atoms with Crippen molar-refractivity contribution in [3.8, 4) is 0 Å². The molecule has 0 aromatic heterocycles. The third-order valence-corrected chi connectivity index (χ3v) is 4.62. The van der Waals surface area contributed by atoms with Gasteiger partial charge in [-0.3, -0.25) is 9.59 Å². The van der Waals surface area contributed by atoms with Gasteiger partial charge in [-0.2, -0.15) is 0 Å². The van der Waals surface area contributed by atoms with Gasteiger partial charge in [0.25, 0.3) is 0 Å². The first-order chi connectivity index (χ1) is 10.8. The molecule has 1 aliphatic carbocycles. The first-order valence-electron chi connectivity index (χ1n) is 8.41. The number of carbonyl (C=O) groups is 2. The summed E-state index contributed by atoms with van der Waals surface area (Å²) in [5.74, 6) is 0.149. The Kier molecular flexibility index (Phi) is 4.17. The topological polar surface area (TPSA) is 46.6 Å².